The molecule has 0 bridgehead atoms. The maximum atomic E-state index is 13.8. The van der Waals surface area contributed by atoms with Gasteiger partial charge in [-0.3, -0.25) is 4.79 Å². The fraction of sp³-hybridized carbons (Fsp3) is 0.125. The molecule has 0 aliphatic carbocycles. The fourth-order valence-corrected chi connectivity index (χ4v) is 3.16. The SMILES string of the molecule is CCC(OC(=O)c1ccc2nc(-c3ccccc3)[nH]c2c1)C(=O)Nc1ccccc1F. The third kappa shape index (κ3) is 4.45. The molecule has 1 aromatic heterocycles. The van der Waals surface area contributed by atoms with Gasteiger partial charge in [0, 0.05) is 5.56 Å². The number of anilines is 1. The van der Waals surface area contributed by atoms with Crippen molar-refractivity contribution >= 4 is 28.6 Å². The molecule has 1 amide bonds. The van der Waals surface area contributed by atoms with Gasteiger partial charge in [-0.2, -0.15) is 0 Å². The molecule has 1 unspecified atom stereocenters. The summed E-state index contributed by atoms with van der Waals surface area (Å²) in [4.78, 5) is 32.8. The molecular formula is C24H20FN3O3. The molecule has 4 aromatic rings. The number of carbonyl (C=O) groups excluding carboxylic acids is 2. The van der Waals surface area contributed by atoms with Crippen molar-refractivity contribution in [3.63, 3.8) is 0 Å². The molecule has 1 heterocycles. The third-order valence-corrected chi connectivity index (χ3v) is 4.81. The Labute approximate surface area is 178 Å². The normalized spacial score (nSPS) is 11.8. The average molecular weight is 417 g/mol. The largest absolute Gasteiger partial charge is 0.449 e. The van der Waals surface area contributed by atoms with Crippen LogP contribution in [0, 0.1) is 5.82 Å². The standard InChI is InChI=1S/C24H20FN3O3/c1-2-21(23(29)28-18-11-7-6-10-17(18)25)31-24(30)16-12-13-19-20(14-16)27-22(26-19)15-8-4-3-5-9-15/h3-14,21H,2H2,1H3,(H,26,27)(H,28,29). The number of halogens is 1. The van der Waals surface area contributed by atoms with Gasteiger partial charge in [-0.25, -0.2) is 14.2 Å². The Bertz CT molecular complexity index is 1240. The summed E-state index contributed by atoms with van der Waals surface area (Å²) in [5.74, 6) is -1.10. The minimum absolute atomic E-state index is 0.0364. The Kier molecular flexibility index (Phi) is 5.75. The van der Waals surface area contributed by atoms with Crippen LogP contribution in [-0.4, -0.2) is 27.9 Å². The average Bonchev–Trinajstić information content (AvgIpc) is 3.23. The second-order valence-corrected chi connectivity index (χ2v) is 6.95. The van der Waals surface area contributed by atoms with Gasteiger partial charge in [0.15, 0.2) is 6.10 Å². The third-order valence-electron chi connectivity index (χ3n) is 4.81. The summed E-state index contributed by atoms with van der Waals surface area (Å²) in [5, 5.41) is 2.46. The monoisotopic (exact) mass is 417 g/mol. The number of esters is 1. The number of aromatic amines is 1. The quantitative estimate of drug-likeness (QED) is 0.435. The molecule has 0 fully saturated rings. The molecule has 0 saturated carbocycles. The number of hydrogen-bond donors (Lipinski definition) is 2. The molecule has 0 aliphatic rings. The van der Waals surface area contributed by atoms with Crippen LogP contribution in [0.15, 0.2) is 72.8 Å². The van der Waals surface area contributed by atoms with Crippen LogP contribution in [-0.2, 0) is 9.53 Å². The Balaban J connectivity index is 1.50. The number of rotatable bonds is 6. The first-order chi connectivity index (χ1) is 15.0. The van der Waals surface area contributed by atoms with Crippen LogP contribution in [0.5, 0.6) is 0 Å². The second kappa shape index (κ2) is 8.79. The van der Waals surface area contributed by atoms with Crippen LogP contribution in [0.1, 0.15) is 23.7 Å². The Hall–Kier alpha value is -4.00. The number of benzene rings is 3. The summed E-state index contributed by atoms with van der Waals surface area (Å²) >= 11 is 0. The smallest absolute Gasteiger partial charge is 0.338 e. The zero-order valence-electron chi connectivity index (χ0n) is 16.8. The van der Waals surface area contributed by atoms with Gasteiger partial charge in [-0.15, -0.1) is 0 Å². The van der Waals surface area contributed by atoms with Crippen molar-refractivity contribution in [2.45, 2.75) is 19.4 Å². The second-order valence-electron chi connectivity index (χ2n) is 6.95. The molecule has 1 atom stereocenters. The summed E-state index contributed by atoms with van der Waals surface area (Å²) in [7, 11) is 0. The van der Waals surface area contributed by atoms with Crippen LogP contribution in [0.25, 0.3) is 22.4 Å². The highest BCUT2D eigenvalue weighted by molar-refractivity contribution is 5.99. The predicted molar refractivity (Wildman–Crippen MR) is 116 cm³/mol. The maximum absolute atomic E-state index is 13.8. The molecule has 31 heavy (non-hydrogen) atoms. The van der Waals surface area contributed by atoms with E-state index < -0.39 is 23.8 Å². The van der Waals surface area contributed by atoms with E-state index in [1.54, 1.807) is 31.2 Å². The van der Waals surface area contributed by atoms with Crippen molar-refractivity contribution in [1.29, 1.82) is 0 Å². The van der Waals surface area contributed by atoms with Crippen molar-refractivity contribution in [2.24, 2.45) is 0 Å². The van der Waals surface area contributed by atoms with E-state index in [1.807, 2.05) is 30.3 Å². The number of para-hydroxylation sites is 1. The molecule has 4 rings (SSSR count). The number of nitrogens with zero attached hydrogens (tertiary/aromatic N) is 1. The fourth-order valence-electron chi connectivity index (χ4n) is 3.16. The van der Waals surface area contributed by atoms with E-state index in [0.29, 0.717) is 16.9 Å². The van der Waals surface area contributed by atoms with Gasteiger partial charge in [0.25, 0.3) is 5.91 Å². The topological polar surface area (TPSA) is 84.1 Å². The number of ether oxygens (including phenoxy) is 1. The van der Waals surface area contributed by atoms with Crippen LogP contribution >= 0.6 is 0 Å². The van der Waals surface area contributed by atoms with Gasteiger partial charge in [-0.1, -0.05) is 49.4 Å². The molecule has 0 radical (unpaired) electrons. The summed E-state index contributed by atoms with van der Waals surface area (Å²) < 4.78 is 19.2. The first-order valence-electron chi connectivity index (χ1n) is 9.86. The summed E-state index contributed by atoms with van der Waals surface area (Å²) in [6, 6.07) is 20.4. The molecule has 0 saturated heterocycles. The highest BCUT2D eigenvalue weighted by Gasteiger charge is 2.23. The number of H-pyrrole nitrogens is 1. The van der Waals surface area contributed by atoms with E-state index in [-0.39, 0.29) is 17.7 Å². The molecular weight excluding hydrogens is 397 g/mol. The van der Waals surface area contributed by atoms with Gasteiger partial charge in [0.1, 0.15) is 11.6 Å². The molecule has 0 aliphatic heterocycles. The molecule has 156 valence electrons. The highest BCUT2D eigenvalue weighted by Crippen LogP contribution is 2.22. The zero-order chi connectivity index (χ0) is 21.8. The van der Waals surface area contributed by atoms with Gasteiger partial charge in [0.05, 0.1) is 22.3 Å². The molecule has 3 aromatic carbocycles. The number of fused-ring (bicyclic) bond motifs is 1. The number of imidazole rings is 1. The molecule has 7 heteroatoms. The Morgan fingerprint density at radius 3 is 2.55 bits per heavy atom. The summed E-state index contributed by atoms with van der Waals surface area (Å²) in [6.45, 7) is 1.71. The number of hydrogen-bond acceptors (Lipinski definition) is 4. The Morgan fingerprint density at radius 2 is 1.81 bits per heavy atom. The minimum atomic E-state index is -1.05. The van der Waals surface area contributed by atoms with Crippen LogP contribution in [0.3, 0.4) is 0 Å². The van der Waals surface area contributed by atoms with Gasteiger partial charge >= 0.3 is 5.97 Å². The predicted octanol–water partition coefficient (Wildman–Crippen LogP) is 4.94. The van der Waals surface area contributed by atoms with Crippen molar-refractivity contribution in [1.82, 2.24) is 9.97 Å². The van der Waals surface area contributed by atoms with E-state index in [0.717, 1.165) is 5.56 Å². The van der Waals surface area contributed by atoms with Crippen LogP contribution in [0.2, 0.25) is 0 Å². The van der Waals surface area contributed by atoms with Crippen molar-refractivity contribution in [2.75, 3.05) is 5.32 Å². The lowest BCUT2D eigenvalue weighted by Crippen LogP contribution is -2.32. The lowest BCUT2D eigenvalue weighted by Gasteiger charge is -2.16. The van der Waals surface area contributed by atoms with Crippen molar-refractivity contribution in [3.8, 4) is 11.4 Å². The van der Waals surface area contributed by atoms with E-state index in [4.69, 9.17) is 4.74 Å². The molecule has 0 spiro atoms. The number of carbonyl (C=O) groups is 2. The van der Waals surface area contributed by atoms with E-state index in [9.17, 15) is 14.0 Å². The van der Waals surface area contributed by atoms with Gasteiger partial charge in [-0.05, 0) is 36.8 Å². The Morgan fingerprint density at radius 1 is 1.06 bits per heavy atom. The molecule has 6 nitrogen and oxygen atoms in total. The van der Waals surface area contributed by atoms with E-state index in [2.05, 4.69) is 15.3 Å². The number of nitrogens with one attached hydrogen (secondary N) is 2. The first kappa shape index (κ1) is 20.3. The first-order valence-corrected chi connectivity index (χ1v) is 9.86. The zero-order valence-corrected chi connectivity index (χ0v) is 16.8. The number of amides is 1. The molecule has 2 N–H and O–H groups in total. The number of aromatic nitrogens is 2. The lowest BCUT2D eigenvalue weighted by molar-refractivity contribution is -0.124. The highest BCUT2D eigenvalue weighted by atomic mass is 19.1. The van der Waals surface area contributed by atoms with Crippen LogP contribution in [0.4, 0.5) is 10.1 Å². The van der Waals surface area contributed by atoms with Crippen molar-refractivity contribution in [3.05, 3.63) is 84.2 Å². The summed E-state index contributed by atoms with van der Waals surface area (Å²) in [5.41, 5.74) is 2.64. The van der Waals surface area contributed by atoms with Crippen molar-refractivity contribution < 1.29 is 18.7 Å². The van der Waals surface area contributed by atoms with Gasteiger partial charge < -0.3 is 15.0 Å². The van der Waals surface area contributed by atoms with E-state index in [1.165, 1.54) is 18.2 Å². The summed E-state index contributed by atoms with van der Waals surface area (Å²) in [6.07, 6.45) is -0.805. The van der Waals surface area contributed by atoms with E-state index >= 15 is 0 Å². The van der Waals surface area contributed by atoms with Crippen LogP contribution < -0.4 is 5.32 Å². The minimum Gasteiger partial charge on any atom is -0.449 e. The lowest BCUT2D eigenvalue weighted by atomic mass is 10.2. The van der Waals surface area contributed by atoms with Gasteiger partial charge in [0.2, 0.25) is 0 Å². The maximum Gasteiger partial charge on any atom is 0.338 e.